The molecule has 0 heterocycles. The number of carbonyl (C=O) groups is 3. The van der Waals surface area contributed by atoms with Crippen LogP contribution in [0, 0.1) is 0 Å². The minimum absolute atomic E-state index is 0.0377. The Morgan fingerprint density at radius 3 is 2.22 bits per heavy atom. The standard InChI is InChI=1S/C25H28N2O5/c1-3-16(2)14-26-24(30)22(12-13-23(28)29)27-25(31)32-15-21-19-10-6-4-8-17(19)18-9-5-7-11-20(18)21/h4-11,21-22H,2-3,12-15H2,1H3,(H,26,30)(H,27,31)(H,28,29). The second kappa shape index (κ2) is 10.6. The van der Waals surface area contributed by atoms with Crippen LogP contribution in [-0.2, 0) is 14.3 Å². The van der Waals surface area contributed by atoms with E-state index in [9.17, 15) is 14.4 Å². The molecule has 0 saturated carbocycles. The number of carbonyl (C=O) groups excluding carboxylic acids is 2. The molecule has 0 saturated heterocycles. The van der Waals surface area contributed by atoms with Crippen molar-refractivity contribution < 1.29 is 24.2 Å². The van der Waals surface area contributed by atoms with Crippen molar-refractivity contribution in [2.45, 2.75) is 38.1 Å². The molecule has 1 unspecified atom stereocenters. The van der Waals surface area contributed by atoms with Crippen LogP contribution in [-0.4, -0.2) is 42.3 Å². The molecule has 3 N–H and O–H groups in total. The Labute approximate surface area is 187 Å². The summed E-state index contributed by atoms with van der Waals surface area (Å²) >= 11 is 0. The zero-order valence-corrected chi connectivity index (χ0v) is 18.1. The summed E-state index contributed by atoms with van der Waals surface area (Å²) in [7, 11) is 0. The molecular weight excluding hydrogens is 408 g/mol. The summed E-state index contributed by atoms with van der Waals surface area (Å²) in [4.78, 5) is 36.0. The molecule has 0 spiro atoms. The van der Waals surface area contributed by atoms with Gasteiger partial charge in [0.1, 0.15) is 12.6 Å². The molecule has 3 rings (SSSR count). The number of alkyl carbamates (subject to hydrolysis) is 1. The van der Waals surface area contributed by atoms with Crippen LogP contribution in [0.5, 0.6) is 0 Å². The van der Waals surface area contributed by atoms with Gasteiger partial charge in [0.15, 0.2) is 0 Å². The molecule has 2 aromatic rings. The summed E-state index contributed by atoms with van der Waals surface area (Å²) in [6.07, 6.45) is -0.341. The maximum atomic E-state index is 12.5. The van der Waals surface area contributed by atoms with Crippen LogP contribution < -0.4 is 10.6 Å². The van der Waals surface area contributed by atoms with Gasteiger partial charge in [-0.3, -0.25) is 9.59 Å². The van der Waals surface area contributed by atoms with Crippen LogP contribution in [0.1, 0.15) is 43.2 Å². The molecule has 7 nitrogen and oxygen atoms in total. The highest BCUT2D eigenvalue weighted by Crippen LogP contribution is 2.44. The highest BCUT2D eigenvalue weighted by Gasteiger charge is 2.29. The fourth-order valence-corrected chi connectivity index (χ4v) is 3.78. The second-order valence-electron chi connectivity index (χ2n) is 7.78. The lowest BCUT2D eigenvalue weighted by molar-refractivity contribution is -0.137. The molecule has 0 aliphatic heterocycles. The van der Waals surface area contributed by atoms with E-state index in [4.69, 9.17) is 9.84 Å². The van der Waals surface area contributed by atoms with Crippen LogP contribution in [0.25, 0.3) is 11.1 Å². The molecule has 0 aromatic heterocycles. The number of amides is 2. The molecule has 7 heteroatoms. The molecular formula is C25H28N2O5. The number of hydrogen-bond acceptors (Lipinski definition) is 4. The van der Waals surface area contributed by atoms with E-state index >= 15 is 0 Å². The Kier molecular flexibility index (Phi) is 7.65. The highest BCUT2D eigenvalue weighted by molar-refractivity contribution is 5.86. The molecule has 2 amide bonds. The highest BCUT2D eigenvalue weighted by atomic mass is 16.5. The van der Waals surface area contributed by atoms with Crippen molar-refractivity contribution in [2.24, 2.45) is 0 Å². The van der Waals surface area contributed by atoms with E-state index < -0.39 is 24.0 Å². The van der Waals surface area contributed by atoms with Crippen LogP contribution in [0.2, 0.25) is 0 Å². The molecule has 1 atom stereocenters. The lowest BCUT2D eigenvalue weighted by Crippen LogP contribution is -2.47. The number of ether oxygens (including phenoxy) is 1. The number of nitrogens with one attached hydrogen (secondary N) is 2. The fraction of sp³-hybridized carbons (Fsp3) is 0.320. The van der Waals surface area contributed by atoms with Crippen LogP contribution in [0.3, 0.4) is 0 Å². The van der Waals surface area contributed by atoms with Crippen molar-refractivity contribution in [3.05, 3.63) is 71.8 Å². The number of rotatable bonds is 10. The van der Waals surface area contributed by atoms with Crippen molar-refractivity contribution in [2.75, 3.05) is 13.2 Å². The smallest absolute Gasteiger partial charge is 0.407 e. The first-order valence-electron chi connectivity index (χ1n) is 10.7. The number of hydrogen-bond donors (Lipinski definition) is 3. The molecule has 1 aliphatic carbocycles. The third kappa shape index (κ3) is 5.55. The van der Waals surface area contributed by atoms with Crippen molar-refractivity contribution in [3.63, 3.8) is 0 Å². The van der Waals surface area contributed by atoms with Crippen molar-refractivity contribution in [1.82, 2.24) is 10.6 Å². The van der Waals surface area contributed by atoms with Crippen molar-refractivity contribution in [1.29, 1.82) is 0 Å². The van der Waals surface area contributed by atoms with E-state index in [1.807, 2.05) is 55.5 Å². The van der Waals surface area contributed by atoms with Crippen LogP contribution in [0.4, 0.5) is 4.79 Å². The Morgan fingerprint density at radius 2 is 1.66 bits per heavy atom. The molecule has 2 aromatic carbocycles. The first kappa shape index (κ1) is 23.1. The van der Waals surface area contributed by atoms with Gasteiger partial charge in [-0.2, -0.15) is 0 Å². The van der Waals surface area contributed by atoms with E-state index in [1.165, 1.54) is 0 Å². The van der Waals surface area contributed by atoms with E-state index in [2.05, 4.69) is 17.2 Å². The maximum Gasteiger partial charge on any atom is 0.407 e. The predicted molar refractivity (Wildman–Crippen MR) is 121 cm³/mol. The van der Waals surface area contributed by atoms with Gasteiger partial charge in [0.05, 0.1) is 0 Å². The summed E-state index contributed by atoms with van der Waals surface area (Å²) in [5, 5.41) is 14.2. The number of carboxylic acids is 1. The second-order valence-corrected chi connectivity index (χ2v) is 7.78. The monoisotopic (exact) mass is 436 g/mol. The lowest BCUT2D eigenvalue weighted by Gasteiger charge is -2.19. The predicted octanol–water partition coefficient (Wildman–Crippen LogP) is 3.84. The zero-order valence-electron chi connectivity index (χ0n) is 18.1. The number of aliphatic carboxylic acids is 1. The third-order valence-corrected chi connectivity index (χ3v) is 5.61. The van der Waals surface area contributed by atoms with Crippen molar-refractivity contribution >= 4 is 18.0 Å². The molecule has 0 radical (unpaired) electrons. The maximum absolute atomic E-state index is 12.5. The molecule has 1 aliphatic rings. The Hall–Kier alpha value is -3.61. The van der Waals surface area contributed by atoms with Gasteiger partial charge in [0, 0.05) is 18.9 Å². The van der Waals surface area contributed by atoms with Crippen LogP contribution in [0.15, 0.2) is 60.7 Å². The van der Waals surface area contributed by atoms with Crippen LogP contribution >= 0.6 is 0 Å². The minimum Gasteiger partial charge on any atom is -0.481 e. The lowest BCUT2D eigenvalue weighted by atomic mass is 9.98. The summed E-state index contributed by atoms with van der Waals surface area (Å²) in [5.41, 5.74) is 5.23. The van der Waals surface area contributed by atoms with Gasteiger partial charge in [-0.15, -0.1) is 0 Å². The Balaban J connectivity index is 1.64. The quantitative estimate of drug-likeness (QED) is 0.491. The molecule has 168 valence electrons. The summed E-state index contributed by atoms with van der Waals surface area (Å²) in [6.45, 7) is 6.13. The largest absolute Gasteiger partial charge is 0.481 e. The molecule has 32 heavy (non-hydrogen) atoms. The third-order valence-electron chi connectivity index (χ3n) is 5.61. The van der Waals surface area contributed by atoms with Gasteiger partial charge in [-0.1, -0.05) is 67.6 Å². The first-order valence-corrected chi connectivity index (χ1v) is 10.7. The van der Waals surface area contributed by atoms with Gasteiger partial charge in [-0.05, 0) is 35.1 Å². The SMILES string of the molecule is C=C(CC)CNC(=O)C(CCC(=O)O)NC(=O)OCC1c2ccccc2-c2ccccc21. The van der Waals surface area contributed by atoms with Gasteiger partial charge >= 0.3 is 12.1 Å². The van der Waals surface area contributed by atoms with E-state index in [-0.39, 0.29) is 31.9 Å². The Morgan fingerprint density at radius 1 is 1.06 bits per heavy atom. The van der Waals surface area contributed by atoms with E-state index in [0.717, 1.165) is 27.8 Å². The number of carboxylic acid groups (broad SMARTS) is 1. The topological polar surface area (TPSA) is 105 Å². The van der Waals surface area contributed by atoms with Crippen molar-refractivity contribution in [3.8, 4) is 11.1 Å². The zero-order chi connectivity index (χ0) is 23.1. The summed E-state index contributed by atoms with van der Waals surface area (Å²) < 4.78 is 5.48. The summed E-state index contributed by atoms with van der Waals surface area (Å²) in [6, 6.07) is 15.0. The van der Waals surface area contributed by atoms with E-state index in [1.54, 1.807) is 0 Å². The fourth-order valence-electron chi connectivity index (χ4n) is 3.78. The van der Waals surface area contributed by atoms with E-state index in [0.29, 0.717) is 6.42 Å². The molecule has 0 bridgehead atoms. The van der Waals surface area contributed by atoms with Gasteiger partial charge < -0.3 is 20.5 Å². The van der Waals surface area contributed by atoms with Gasteiger partial charge in [0.25, 0.3) is 0 Å². The summed E-state index contributed by atoms with van der Waals surface area (Å²) in [5.74, 6) is -1.61. The first-order chi connectivity index (χ1) is 15.4. The Bertz CT molecular complexity index is 971. The average Bonchev–Trinajstić information content (AvgIpc) is 3.12. The number of fused-ring (bicyclic) bond motifs is 3. The van der Waals surface area contributed by atoms with Gasteiger partial charge in [0.2, 0.25) is 5.91 Å². The molecule has 0 fully saturated rings. The van der Waals surface area contributed by atoms with Gasteiger partial charge in [-0.25, -0.2) is 4.79 Å². The normalized spacial score (nSPS) is 12.9. The average molecular weight is 437 g/mol. The minimum atomic E-state index is -1.05. The number of benzene rings is 2.